The number of hydrogen-bond acceptors (Lipinski definition) is 6. The number of aliphatic hydroxyl groups excluding tert-OH is 1. The molecule has 0 bridgehead atoms. The average molecular weight is 309 g/mol. The first kappa shape index (κ1) is 17.6. The van der Waals surface area contributed by atoms with E-state index in [2.05, 4.69) is 0 Å². The van der Waals surface area contributed by atoms with Crippen molar-refractivity contribution < 1.29 is 29.0 Å². The molecule has 1 rings (SSSR count). The number of hydrogen-bond donors (Lipinski definition) is 1. The summed E-state index contributed by atoms with van der Waals surface area (Å²) in [6.07, 6.45) is -0.963. The van der Waals surface area contributed by atoms with Crippen molar-refractivity contribution in [1.29, 1.82) is 0 Å². The van der Waals surface area contributed by atoms with E-state index in [0.717, 1.165) is 0 Å². The van der Waals surface area contributed by atoms with Gasteiger partial charge in [-0.15, -0.1) is 0 Å². The molecule has 1 aromatic carbocycles. The minimum absolute atomic E-state index is 0.0322. The zero-order chi connectivity index (χ0) is 16.9. The fraction of sp³-hybridized carbons (Fsp3) is 0.400. The second kappa shape index (κ2) is 7.56. The van der Waals surface area contributed by atoms with Crippen molar-refractivity contribution in [3.05, 3.63) is 23.8 Å². The summed E-state index contributed by atoms with van der Waals surface area (Å²) < 4.78 is 9.92. The van der Waals surface area contributed by atoms with Gasteiger partial charge in [0, 0.05) is 27.8 Å². The minimum atomic E-state index is -0.963. The average Bonchev–Trinajstić information content (AvgIpc) is 2.39. The second-order valence-electron chi connectivity index (χ2n) is 4.81. The van der Waals surface area contributed by atoms with Crippen molar-refractivity contribution >= 4 is 17.8 Å². The third-order valence-electron chi connectivity index (χ3n) is 2.84. The van der Waals surface area contributed by atoms with Gasteiger partial charge in [-0.1, -0.05) is 6.07 Å². The summed E-state index contributed by atoms with van der Waals surface area (Å²) in [5.41, 5.74) is 0.431. The largest absolute Gasteiger partial charge is 0.423 e. The van der Waals surface area contributed by atoms with Gasteiger partial charge in [0.1, 0.15) is 0 Å². The SMILES string of the molecule is CC(=O)Oc1ccc([C@H](O)CN(C)C(C)=O)cc1OC(C)=O. The Morgan fingerprint density at radius 2 is 1.64 bits per heavy atom. The molecule has 0 aliphatic heterocycles. The topological polar surface area (TPSA) is 93.1 Å². The number of likely N-dealkylation sites (N-methyl/N-ethyl adjacent to an activating group) is 1. The maximum Gasteiger partial charge on any atom is 0.308 e. The number of nitrogens with zero attached hydrogens (tertiary/aromatic N) is 1. The lowest BCUT2D eigenvalue weighted by atomic mass is 10.1. The molecule has 1 amide bonds. The lowest BCUT2D eigenvalue weighted by molar-refractivity contribution is -0.134. The number of rotatable bonds is 5. The summed E-state index contributed by atoms with van der Waals surface area (Å²) in [7, 11) is 1.56. The van der Waals surface area contributed by atoms with Crippen LogP contribution in [0.2, 0.25) is 0 Å². The van der Waals surface area contributed by atoms with E-state index in [0.29, 0.717) is 5.56 Å². The fourth-order valence-electron chi connectivity index (χ4n) is 1.70. The van der Waals surface area contributed by atoms with Gasteiger partial charge in [-0.3, -0.25) is 14.4 Å². The molecule has 0 unspecified atom stereocenters. The Morgan fingerprint density at radius 3 is 2.14 bits per heavy atom. The molecule has 0 saturated heterocycles. The molecule has 1 atom stereocenters. The highest BCUT2D eigenvalue weighted by atomic mass is 16.6. The summed E-state index contributed by atoms with van der Waals surface area (Å²) in [6, 6.07) is 4.36. The van der Waals surface area contributed by atoms with Gasteiger partial charge in [0.15, 0.2) is 11.5 Å². The van der Waals surface area contributed by atoms with Gasteiger partial charge in [0.05, 0.1) is 12.6 Å². The van der Waals surface area contributed by atoms with Gasteiger partial charge in [-0.25, -0.2) is 0 Å². The number of amides is 1. The van der Waals surface area contributed by atoms with E-state index in [1.807, 2.05) is 0 Å². The first-order valence-corrected chi connectivity index (χ1v) is 6.61. The molecule has 0 aromatic heterocycles. The standard InChI is InChI=1S/C15H19NO6/c1-9(17)16(4)8-13(20)12-5-6-14(21-10(2)18)15(7-12)22-11(3)19/h5-7,13,20H,8H2,1-4H3/t13-/m1/s1. The van der Waals surface area contributed by atoms with E-state index in [9.17, 15) is 19.5 Å². The molecule has 7 nitrogen and oxygen atoms in total. The van der Waals surface area contributed by atoms with Crippen molar-refractivity contribution in [3.8, 4) is 11.5 Å². The van der Waals surface area contributed by atoms with Gasteiger partial charge in [0.2, 0.25) is 5.91 Å². The van der Waals surface area contributed by atoms with Gasteiger partial charge >= 0.3 is 11.9 Å². The van der Waals surface area contributed by atoms with Crippen LogP contribution in [-0.2, 0) is 14.4 Å². The van der Waals surface area contributed by atoms with Gasteiger partial charge in [-0.2, -0.15) is 0 Å². The predicted octanol–water partition coefficient (Wildman–Crippen LogP) is 1.05. The van der Waals surface area contributed by atoms with Gasteiger partial charge < -0.3 is 19.5 Å². The summed E-state index contributed by atoms with van der Waals surface area (Å²) in [4.78, 5) is 34.7. The summed E-state index contributed by atoms with van der Waals surface area (Å²) in [6.45, 7) is 3.91. The number of esters is 2. The molecule has 0 spiro atoms. The van der Waals surface area contributed by atoms with E-state index >= 15 is 0 Å². The van der Waals surface area contributed by atoms with E-state index in [1.165, 1.54) is 43.9 Å². The van der Waals surface area contributed by atoms with Crippen LogP contribution in [0.15, 0.2) is 18.2 Å². The molecule has 0 aliphatic carbocycles. The van der Waals surface area contributed by atoms with Crippen LogP contribution in [0.5, 0.6) is 11.5 Å². The van der Waals surface area contributed by atoms with Crippen molar-refractivity contribution in [2.45, 2.75) is 26.9 Å². The smallest absolute Gasteiger partial charge is 0.308 e. The maximum absolute atomic E-state index is 11.2. The highest BCUT2D eigenvalue weighted by Gasteiger charge is 2.17. The Kier molecular flexibility index (Phi) is 6.06. The normalized spacial score (nSPS) is 11.5. The minimum Gasteiger partial charge on any atom is -0.423 e. The van der Waals surface area contributed by atoms with E-state index in [4.69, 9.17) is 9.47 Å². The highest BCUT2D eigenvalue weighted by Crippen LogP contribution is 2.31. The monoisotopic (exact) mass is 309 g/mol. The first-order chi connectivity index (χ1) is 10.2. The fourth-order valence-corrected chi connectivity index (χ4v) is 1.70. The number of benzene rings is 1. The zero-order valence-electron chi connectivity index (χ0n) is 13.0. The Balaban J connectivity index is 3.04. The van der Waals surface area contributed by atoms with E-state index in [-0.39, 0.29) is 24.0 Å². The van der Waals surface area contributed by atoms with Crippen LogP contribution in [0.3, 0.4) is 0 Å². The number of carbonyl (C=O) groups excluding carboxylic acids is 3. The van der Waals surface area contributed by atoms with E-state index < -0.39 is 18.0 Å². The van der Waals surface area contributed by atoms with Crippen LogP contribution in [0, 0.1) is 0 Å². The summed E-state index contributed by atoms with van der Waals surface area (Å²) >= 11 is 0. The second-order valence-corrected chi connectivity index (χ2v) is 4.81. The van der Waals surface area contributed by atoms with Crippen LogP contribution in [0.25, 0.3) is 0 Å². The van der Waals surface area contributed by atoms with Crippen LogP contribution in [-0.4, -0.2) is 41.4 Å². The Morgan fingerprint density at radius 1 is 1.09 bits per heavy atom. The van der Waals surface area contributed by atoms with Crippen molar-refractivity contribution in [3.63, 3.8) is 0 Å². The van der Waals surface area contributed by atoms with Gasteiger partial charge in [0.25, 0.3) is 0 Å². The summed E-state index contributed by atoms with van der Waals surface area (Å²) in [5.74, 6) is -1.21. The van der Waals surface area contributed by atoms with Crippen LogP contribution >= 0.6 is 0 Å². The van der Waals surface area contributed by atoms with Crippen LogP contribution < -0.4 is 9.47 Å². The molecule has 0 fully saturated rings. The Labute approximate surface area is 128 Å². The van der Waals surface area contributed by atoms with Crippen LogP contribution in [0.1, 0.15) is 32.4 Å². The highest BCUT2D eigenvalue weighted by molar-refractivity contribution is 5.74. The number of aliphatic hydroxyl groups is 1. The molecule has 0 saturated carbocycles. The van der Waals surface area contributed by atoms with E-state index in [1.54, 1.807) is 7.05 Å². The van der Waals surface area contributed by atoms with Crippen molar-refractivity contribution in [1.82, 2.24) is 4.90 Å². The van der Waals surface area contributed by atoms with Crippen LogP contribution in [0.4, 0.5) is 0 Å². The third-order valence-corrected chi connectivity index (χ3v) is 2.84. The number of carbonyl (C=O) groups is 3. The Hall–Kier alpha value is -2.41. The quantitative estimate of drug-likeness (QED) is 0.645. The molecule has 0 heterocycles. The molecule has 22 heavy (non-hydrogen) atoms. The molecule has 0 aliphatic rings. The molecule has 1 N–H and O–H groups in total. The number of ether oxygens (including phenoxy) is 2. The Bertz CT molecular complexity index is 583. The predicted molar refractivity (Wildman–Crippen MR) is 77.3 cm³/mol. The molecule has 7 heteroatoms. The third kappa shape index (κ3) is 5.17. The first-order valence-electron chi connectivity index (χ1n) is 6.61. The maximum atomic E-state index is 11.2. The summed E-state index contributed by atoms with van der Waals surface area (Å²) in [5, 5.41) is 10.1. The lowest BCUT2D eigenvalue weighted by Gasteiger charge is -2.20. The molecule has 1 aromatic rings. The van der Waals surface area contributed by atoms with Crippen molar-refractivity contribution in [2.75, 3.05) is 13.6 Å². The van der Waals surface area contributed by atoms with Crippen molar-refractivity contribution in [2.24, 2.45) is 0 Å². The molecular formula is C15H19NO6. The molecule has 0 radical (unpaired) electrons. The molecular weight excluding hydrogens is 290 g/mol. The lowest BCUT2D eigenvalue weighted by Crippen LogP contribution is -2.28. The molecule has 120 valence electrons. The van der Waals surface area contributed by atoms with Gasteiger partial charge in [-0.05, 0) is 17.7 Å². The zero-order valence-corrected chi connectivity index (χ0v) is 13.0.